The first-order chi connectivity index (χ1) is 14.4. The van der Waals surface area contributed by atoms with Crippen molar-refractivity contribution in [2.24, 2.45) is 0 Å². The molecule has 2 heterocycles. The normalized spacial score (nSPS) is 23.2. The third-order valence-corrected chi connectivity index (χ3v) is 6.86. The van der Waals surface area contributed by atoms with E-state index in [0.29, 0.717) is 27.7 Å². The second kappa shape index (κ2) is 7.71. The van der Waals surface area contributed by atoms with Gasteiger partial charge in [0.15, 0.2) is 5.72 Å². The molecular formula is C23H22N2O4S. The highest BCUT2D eigenvalue weighted by atomic mass is 32.2. The smallest absolute Gasteiger partial charge is 0.231 e. The number of fused-ring (bicyclic) bond motifs is 1. The molecule has 0 bridgehead atoms. The quantitative estimate of drug-likeness (QED) is 0.810. The van der Waals surface area contributed by atoms with Crippen molar-refractivity contribution < 1.29 is 19.4 Å². The van der Waals surface area contributed by atoms with E-state index in [1.54, 1.807) is 32.4 Å². The highest BCUT2D eigenvalue weighted by Gasteiger charge is 2.52. The van der Waals surface area contributed by atoms with Crippen molar-refractivity contribution in [1.29, 1.82) is 5.26 Å². The summed E-state index contributed by atoms with van der Waals surface area (Å²) < 4.78 is 10.8. The summed E-state index contributed by atoms with van der Waals surface area (Å²) in [7, 11) is 3.12. The predicted octanol–water partition coefficient (Wildman–Crippen LogP) is 3.66. The lowest BCUT2D eigenvalue weighted by atomic mass is 9.84. The molecule has 30 heavy (non-hydrogen) atoms. The number of hydrogen-bond acceptors (Lipinski definition) is 6. The van der Waals surface area contributed by atoms with Crippen LogP contribution in [0.1, 0.15) is 29.0 Å². The second-order valence-corrected chi connectivity index (χ2v) is 8.36. The molecule has 2 aromatic carbocycles. The van der Waals surface area contributed by atoms with Crippen molar-refractivity contribution in [2.45, 2.75) is 25.0 Å². The van der Waals surface area contributed by atoms with Crippen LogP contribution in [0.15, 0.2) is 53.1 Å². The number of rotatable bonds is 4. The summed E-state index contributed by atoms with van der Waals surface area (Å²) in [5, 5.41) is 22.0. The number of ether oxygens (including phenoxy) is 2. The molecule has 1 amide bonds. The number of carbonyl (C=O) groups is 1. The van der Waals surface area contributed by atoms with E-state index in [1.807, 2.05) is 31.2 Å². The summed E-state index contributed by atoms with van der Waals surface area (Å²) in [5.74, 6) is 0.786. The zero-order chi connectivity index (χ0) is 21.5. The van der Waals surface area contributed by atoms with Gasteiger partial charge in [-0.1, -0.05) is 29.8 Å². The van der Waals surface area contributed by atoms with E-state index in [-0.39, 0.29) is 18.1 Å². The van der Waals surface area contributed by atoms with Crippen LogP contribution in [0.3, 0.4) is 0 Å². The van der Waals surface area contributed by atoms with Crippen molar-refractivity contribution in [3.63, 3.8) is 0 Å². The van der Waals surface area contributed by atoms with Crippen LogP contribution in [0.4, 0.5) is 0 Å². The first-order valence-corrected chi connectivity index (χ1v) is 10.5. The molecule has 0 aliphatic carbocycles. The van der Waals surface area contributed by atoms with E-state index in [0.717, 1.165) is 11.1 Å². The summed E-state index contributed by atoms with van der Waals surface area (Å²) in [4.78, 5) is 14.7. The van der Waals surface area contributed by atoms with Gasteiger partial charge in [-0.2, -0.15) is 5.26 Å². The maximum atomic E-state index is 13.3. The standard InChI is InChI=1S/C23H22N2O4S/c1-14-4-6-15(7-5-14)23(27)13-30-22-19(12-24)17(11-21(26)25(22)23)18-10-16(28-2)8-9-20(18)29-3/h4-10,17,27H,11,13H2,1-3H3/t17-,23-/m1/s1. The SMILES string of the molecule is COc1ccc(OC)c([C@H]2CC(=O)N3C(=C2C#N)SC[C@@]3(O)c2ccc(C)cc2)c1. The molecule has 0 radical (unpaired) electrons. The lowest BCUT2D eigenvalue weighted by Gasteiger charge is -2.38. The summed E-state index contributed by atoms with van der Waals surface area (Å²) in [6.07, 6.45) is 0.0602. The van der Waals surface area contributed by atoms with Crippen molar-refractivity contribution in [2.75, 3.05) is 20.0 Å². The molecule has 0 unspecified atom stereocenters. The van der Waals surface area contributed by atoms with E-state index in [9.17, 15) is 15.2 Å². The molecule has 7 heteroatoms. The van der Waals surface area contributed by atoms with Gasteiger partial charge in [0.25, 0.3) is 0 Å². The summed E-state index contributed by atoms with van der Waals surface area (Å²) in [6.45, 7) is 1.97. The van der Waals surface area contributed by atoms with Crippen LogP contribution in [0.5, 0.6) is 11.5 Å². The van der Waals surface area contributed by atoms with Gasteiger partial charge in [-0.05, 0) is 25.1 Å². The second-order valence-electron chi connectivity index (χ2n) is 7.40. The van der Waals surface area contributed by atoms with E-state index in [1.165, 1.54) is 16.7 Å². The first kappa shape index (κ1) is 20.3. The van der Waals surface area contributed by atoms with Gasteiger partial charge in [-0.25, -0.2) is 0 Å². The van der Waals surface area contributed by atoms with Gasteiger partial charge in [0.1, 0.15) is 11.5 Å². The predicted molar refractivity (Wildman–Crippen MR) is 114 cm³/mol. The third kappa shape index (κ3) is 3.13. The van der Waals surface area contributed by atoms with Crippen LogP contribution >= 0.6 is 11.8 Å². The Morgan fingerprint density at radius 2 is 1.93 bits per heavy atom. The lowest BCUT2D eigenvalue weighted by Crippen LogP contribution is -2.48. The van der Waals surface area contributed by atoms with Gasteiger partial charge < -0.3 is 14.6 Å². The number of nitriles is 1. The Morgan fingerprint density at radius 3 is 2.57 bits per heavy atom. The van der Waals surface area contributed by atoms with Gasteiger partial charge in [-0.3, -0.25) is 9.69 Å². The molecule has 4 rings (SSSR count). The monoisotopic (exact) mass is 422 g/mol. The van der Waals surface area contributed by atoms with Crippen LogP contribution in [-0.2, 0) is 10.5 Å². The molecule has 1 N–H and O–H groups in total. The number of hydrogen-bond donors (Lipinski definition) is 1. The number of benzene rings is 2. The van der Waals surface area contributed by atoms with Crippen molar-refractivity contribution in [1.82, 2.24) is 4.90 Å². The molecule has 154 valence electrons. The fourth-order valence-electron chi connectivity index (χ4n) is 4.04. The zero-order valence-electron chi connectivity index (χ0n) is 17.0. The summed E-state index contributed by atoms with van der Waals surface area (Å²) in [6, 6.07) is 15.1. The number of nitrogens with zero attached hydrogens (tertiary/aromatic N) is 2. The Kier molecular flexibility index (Phi) is 5.22. The molecule has 6 nitrogen and oxygen atoms in total. The number of aryl methyl sites for hydroxylation is 1. The number of methoxy groups -OCH3 is 2. The molecule has 0 saturated carbocycles. The van der Waals surface area contributed by atoms with Crippen LogP contribution < -0.4 is 9.47 Å². The van der Waals surface area contributed by atoms with E-state index >= 15 is 0 Å². The van der Waals surface area contributed by atoms with Crippen molar-refractivity contribution in [3.8, 4) is 17.6 Å². The van der Waals surface area contributed by atoms with Gasteiger partial charge >= 0.3 is 0 Å². The Hall–Kier alpha value is -2.95. The number of aliphatic hydroxyl groups is 1. The molecule has 2 aliphatic rings. The molecular weight excluding hydrogens is 400 g/mol. The summed E-state index contributed by atoms with van der Waals surface area (Å²) in [5.41, 5.74) is 1.40. The van der Waals surface area contributed by atoms with Crippen LogP contribution in [0.25, 0.3) is 0 Å². The minimum absolute atomic E-state index is 0.0602. The Balaban J connectivity index is 1.83. The van der Waals surface area contributed by atoms with E-state index in [4.69, 9.17) is 9.47 Å². The number of carbonyl (C=O) groups excluding carboxylic acids is 1. The fraction of sp³-hybridized carbons (Fsp3) is 0.304. The Labute approximate surface area is 179 Å². The Morgan fingerprint density at radius 1 is 1.20 bits per heavy atom. The van der Waals surface area contributed by atoms with Crippen LogP contribution in [0, 0.1) is 18.3 Å². The molecule has 2 aliphatic heterocycles. The summed E-state index contributed by atoms with van der Waals surface area (Å²) >= 11 is 1.33. The molecule has 2 aromatic rings. The highest BCUT2D eigenvalue weighted by molar-refractivity contribution is 8.03. The number of amides is 1. The van der Waals surface area contributed by atoms with Gasteiger partial charge in [0.05, 0.1) is 36.6 Å². The average molecular weight is 423 g/mol. The van der Waals surface area contributed by atoms with Crippen molar-refractivity contribution >= 4 is 17.7 Å². The van der Waals surface area contributed by atoms with Crippen LogP contribution in [-0.4, -0.2) is 35.9 Å². The molecule has 0 aromatic heterocycles. The topological polar surface area (TPSA) is 82.8 Å². The average Bonchev–Trinajstić information content (AvgIpc) is 3.12. The Bertz CT molecular complexity index is 1070. The van der Waals surface area contributed by atoms with Gasteiger partial charge in [-0.15, -0.1) is 11.8 Å². The minimum atomic E-state index is -1.48. The maximum Gasteiger partial charge on any atom is 0.231 e. The third-order valence-electron chi connectivity index (χ3n) is 5.64. The van der Waals surface area contributed by atoms with E-state index < -0.39 is 11.6 Å². The molecule has 1 saturated heterocycles. The maximum absolute atomic E-state index is 13.3. The molecule has 1 fully saturated rings. The number of thioether (sulfide) groups is 1. The largest absolute Gasteiger partial charge is 0.497 e. The molecule has 0 spiro atoms. The van der Waals surface area contributed by atoms with E-state index in [2.05, 4.69) is 6.07 Å². The molecule has 2 atom stereocenters. The minimum Gasteiger partial charge on any atom is -0.497 e. The highest BCUT2D eigenvalue weighted by Crippen LogP contribution is 2.52. The first-order valence-electron chi connectivity index (χ1n) is 9.54. The zero-order valence-corrected chi connectivity index (χ0v) is 17.8. The fourth-order valence-corrected chi connectivity index (χ4v) is 5.40. The van der Waals surface area contributed by atoms with Crippen LogP contribution in [0.2, 0.25) is 0 Å². The number of allylic oxidation sites excluding steroid dienone is 1. The lowest BCUT2D eigenvalue weighted by molar-refractivity contribution is -0.149. The van der Waals surface area contributed by atoms with Gasteiger partial charge in [0, 0.05) is 23.5 Å². The van der Waals surface area contributed by atoms with Gasteiger partial charge in [0.2, 0.25) is 5.91 Å². The van der Waals surface area contributed by atoms with Crippen molar-refractivity contribution in [3.05, 3.63) is 69.8 Å².